The highest BCUT2D eigenvalue weighted by Crippen LogP contribution is 2.27. The van der Waals surface area contributed by atoms with Crippen LogP contribution in [0.5, 0.6) is 0 Å². The predicted molar refractivity (Wildman–Crippen MR) is 118 cm³/mol. The summed E-state index contributed by atoms with van der Waals surface area (Å²) in [5.41, 5.74) is 2.19. The highest BCUT2D eigenvalue weighted by atomic mass is 32.2. The van der Waals surface area contributed by atoms with E-state index >= 15 is 0 Å². The molecular weight excluding hydrogens is 376 g/mol. The van der Waals surface area contributed by atoms with Crippen molar-refractivity contribution in [3.8, 4) is 6.07 Å². The molecule has 3 aromatic carbocycles. The van der Waals surface area contributed by atoms with Crippen molar-refractivity contribution >= 4 is 23.7 Å². The van der Waals surface area contributed by atoms with Gasteiger partial charge in [0.05, 0.1) is 0 Å². The van der Waals surface area contributed by atoms with Gasteiger partial charge >= 0.3 is 0 Å². The first kappa shape index (κ1) is 20.4. The minimum absolute atomic E-state index is 0.119. The number of nitrogens with one attached hydrogen (secondary N) is 1. The van der Waals surface area contributed by atoms with Crippen LogP contribution in [0.1, 0.15) is 17.5 Å². The minimum atomic E-state index is -0.330. The third-order valence-corrected chi connectivity index (χ3v) is 5.32. The molecule has 0 saturated heterocycles. The summed E-state index contributed by atoms with van der Waals surface area (Å²) in [6.07, 6.45) is 3.36. The van der Waals surface area contributed by atoms with Crippen molar-refractivity contribution in [2.24, 2.45) is 0 Å². The molecule has 0 fully saturated rings. The zero-order chi connectivity index (χ0) is 20.3. The van der Waals surface area contributed by atoms with E-state index < -0.39 is 0 Å². The van der Waals surface area contributed by atoms with E-state index in [1.165, 1.54) is 10.5 Å². The lowest BCUT2D eigenvalue weighted by atomic mass is 10.1. The van der Waals surface area contributed by atoms with Crippen LogP contribution >= 0.6 is 11.8 Å². The fourth-order valence-corrected chi connectivity index (χ4v) is 3.64. The van der Waals surface area contributed by atoms with Gasteiger partial charge in [-0.2, -0.15) is 5.26 Å². The fourth-order valence-electron chi connectivity index (χ4n) is 2.81. The van der Waals surface area contributed by atoms with Crippen molar-refractivity contribution in [1.29, 1.82) is 5.26 Å². The molecule has 0 aliphatic rings. The van der Waals surface area contributed by atoms with Crippen molar-refractivity contribution < 1.29 is 4.79 Å². The second kappa shape index (κ2) is 10.9. The summed E-state index contributed by atoms with van der Waals surface area (Å²) in [7, 11) is 0. The Kier molecular flexibility index (Phi) is 7.68. The summed E-state index contributed by atoms with van der Waals surface area (Å²) in [6, 6.07) is 30.1. The molecule has 0 aromatic heterocycles. The van der Waals surface area contributed by atoms with E-state index in [9.17, 15) is 10.1 Å². The van der Waals surface area contributed by atoms with Crippen LogP contribution in [0.15, 0.2) is 100 Å². The van der Waals surface area contributed by atoms with Crippen LogP contribution in [0.25, 0.3) is 6.08 Å². The number of amides is 1. The normalized spacial score (nSPS) is 10.9. The van der Waals surface area contributed by atoms with Crippen molar-refractivity contribution in [3.63, 3.8) is 0 Å². The first-order valence-electron chi connectivity index (χ1n) is 9.51. The van der Waals surface area contributed by atoms with Gasteiger partial charge in [0.15, 0.2) is 0 Å². The second-order valence-electron chi connectivity index (χ2n) is 6.50. The third kappa shape index (κ3) is 6.67. The number of aryl methyl sites for hydroxylation is 1. The Morgan fingerprint density at radius 1 is 0.897 bits per heavy atom. The summed E-state index contributed by atoms with van der Waals surface area (Å²) in [5, 5.41) is 12.2. The van der Waals surface area contributed by atoms with E-state index in [2.05, 4.69) is 29.6 Å². The van der Waals surface area contributed by atoms with Gasteiger partial charge in [-0.05, 0) is 54.3 Å². The molecule has 0 radical (unpaired) electrons. The molecule has 3 nitrogen and oxygen atoms in total. The first-order valence-corrected chi connectivity index (χ1v) is 10.3. The largest absolute Gasteiger partial charge is 0.351 e. The average Bonchev–Trinajstić information content (AvgIpc) is 2.77. The number of rotatable bonds is 8. The fraction of sp³-hybridized carbons (Fsp3) is 0.120. The highest BCUT2D eigenvalue weighted by Gasteiger charge is 2.08. The molecule has 0 saturated carbocycles. The Bertz CT molecular complexity index is 991. The Hall–Kier alpha value is -3.29. The monoisotopic (exact) mass is 398 g/mol. The molecule has 0 spiro atoms. The van der Waals surface area contributed by atoms with Gasteiger partial charge in [-0.1, -0.05) is 72.4 Å². The van der Waals surface area contributed by atoms with Crippen LogP contribution in [0.3, 0.4) is 0 Å². The van der Waals surface area contributed by atoms with E-state index in [-0.39, 0.29) is 11.5 Å². The maximum Gasteiger partial charge on any atom is 0.261 e. The topological polar surface area (TPSA) is 52.9 Å². The summed E-state index contributed by atoms with van der Waals surface area (Å²) in [4.78, 5) is 14.6. The Balaban J connectivity index is 1.53. The highest BCUT2D eigenvalue weighted by molar-refractivity contribution is 7.99. The summed E-state index contributed by atoms with van der Waals surface area (Å²) >= 11 is 1.67. The van der Waals surface area contributed by atoms with Gasteiger partial charge in [0.1, 0.15) is 11.6 Å². The first-order chi connectivity index (χ1) is 14.2. The lowest BCUT2D eigenvalue weighted by Gasteiger charge is -2.05. The van der Waals surface area contributed by atoms with E-state index in [4.69, 9.17) is 0 Å². The van der Waals surface area contributed by atoms with Crippen molar-refractivity contribution in [3.05, 3.63) is 102 Å². The number of nitrogens with zero attached hydrogens (tertiary/aromatic N) is 1. The molecular formula is C25H22N2OS. The van der Waals surface area contributed by atoms with Gasteiger partial charge in [0, 0.05) is 16.3 Å². The van der Waals surface area contributed by atoms with E-state index in [1.807, 2.05) is 66.7 Å². The summed E-state index contributed by atoms with van der Waals surface area (Å²) < 4.78 is 0. The van der Waals surface area contributed by atoms with Gasteiger partial charge < -0.3 is 5.32 Å². The van der Waals surface area contributed by atoms with Gasteiger partial charge in [-0.3, -0.25) is 4.79 Å². The average molecular weight is 399 g/mol. The van der Waals surface area contributed by atoms with Gasteiger partial charge in [-0.15, -0.1) is 0 Å². The lowest BCUT2D eigenvalue weighted by molar-refractivity contribution is -0.117. The van der Waals surface area contributed by atoms with Crippen LogP contribution in [0.4, 0.5) is 0 Å². The summed E-state index contributed by atoms with van der Waals surface area (Å²) in [5.74, 6) is -0.330. The van der Waals surface area contributed by atoms with Crippen molar-refractivity contribution in [1.82, 2.24) is 5.32 Å². The number of hydrogen-bond donors (Lipinski definition) is 1. The zero-order valence-corrected chi connectivity index (χ0v) is 16.9. The van der Waals surface area contributed by atoms with Crippen LogP contribution in [-0.4, -0.2) is 12.5 Å². The Morgan fingerprint density at radius 2 is 1.52 bits per heavy atom. The number of benzene rings is 3. The number of carbonyl (C=O) groups excluding carboxylic acids is 1. The van der Waals surface area contributed by atoms with Crippen LogP contribution in [0, 0.1) is 11.3 Å². The molecule has 0 unspecified atom stereocenters. The standard InChI is InChI=1S/C25H22N2OS/c26-19-22(25(28)27-17-7-10-20-8-3-1-4-9-20)18-21-13-15-24(16-14-21)29-23-11-5-2-6-12-23/h1-6,8-9,11-16,18H,7,10,17H2,(H,27,28)/b22-18-. The van der Waals surface area contributed by atoms with Crippen LogP contribution < -0.4 is 5.32 Å². The molecule has 1 amide bonds. The Morgan fingerprint density at radius 3 is 2.17 bits per heavy atom. The van der Waals surface area contributed by atoms with Crippen molar-refractivity contribution in [2.45, 2.75) is 22.6 Å². The van der Waals surface area contributed by atoms with E-state index in [1.54, 1.807) is 17.8 Å². The smallest absolute Gasteiger partial charge is 0.261 e. The molecule has 0 aliphatic heterocycles. The molecule has 3 rings (SSSR count). The summed E-state index contributed by atoms with van der Waals surface area (Å²) in [6.45, 7) is 0.541. The predicted octanol–water partition coefficient (Wildman–Crippen LogP) is 5.49. The van der Waals surface area contributed by atoms with E-state index in [0.29, 0.717) is 6.54 Å². The van der Waals surface area contributed by atoms with Crippen molar-refractivity contribution in [2.75, 3.05) is 6.54 Å². The van der Waals surface area contributed by atoms with E-state index in [0.717, 1.165) is 23.3 Å². The third-order valence-electron chi connectivity index (χ3n) is 4.31. The minimum Gasteiger partial charge on any atom is -0.351 e. The SMILES string of the molecule is N#C/C(=C/c1ccc(Sc2ccccc2)cc1)C(=O)NCCCc1ccccc1. The van der Waals surface area contributed by atoms with Gasteiger partial charge in [-0.25, -0.2) is 0 Å². The molecule has 4 heteroatoms. The molecule has 3 aromatic rings. The number of hydrogen-bond acceptors (Lipinski definition) is 3. The lowest BCUT2D eigenvalue weighted by Crippen LogP contribution is -2.25. The quantitative estimate of drug-likeness (QED) is 0.310. The van der Waals surface area contributed by atoms with Crippen LogP contribution in [0.2, 0.25) is 0 Å². The molecule has 0 bridgehead atoms. The number of nitriles is 1. The number of carbonyl (C=O) groups is 1. The molecule has 0 atom stereocenters. The molecule has 0 heterocycles. The maximum atomic E-state index is 12.3. The van der Waals surface area contributed by atoms with Crippen LogP contribution in [-0.2, 0) is 11.2 Å². The zero-order valence-electron chi connectivity index (χ0n) is 16.0. The Labute approximate surface area is 176 Å². The molecule has 0 aliphatic carbocycles. The molecule has 1 N–H and O–H groups in total. The molecule has 144 valence electrons. The van der Waals surface area contributed by atoms with Gasteiger partial charge in [0.25, 0.3) is 5.91 Å². The maximum absolute atomic E-state index is 12.3. The molecule has 29 heavy (non-hydrogen) atoms. The van der Waals surface area contributed by atoms with Gasteiger partial charge in [0.2, 0.25) is 0 Å². The second-order valence-corrected chi connectivity index (χ2v) is 7.65.